The standard InChI is InChI=1S/C22H17N5/c1-2-7-20-15(5-1)11-16(13-25-20)19-12-21(27-22-18(19)8-10-24-22)26-14-17-6-3-4-9-23-17/h1-13H,14H2,(H2,24,26,27). The number of rotatable bonds is 4. The molecule has 0 radical (unpaired) electrons. The van der Waals surface area contributed by atoms with E-state index >= 15 is 0 Å². The van der Waals surface area contributed by atoms with Crippen molar-refractivity contribution in [1.82, 2.24) is 19.9 Å². The van der Waals surface area contributed by atoms with E-state index in [-0.39, 0.29) is 0 Å². The zero-order chi connectivity index (χ0) is 18.1. The summed E-state index contributed by atoms with van der Waals surface area (Å²) in [7, 11) is 0. The molecule has 0 aliphatic rings. The lowest BCUT2D eigenvalue weighted by atomic mass is 10.0. The Bertz CT molecular complexity index is 1230. The number of nitrogens with zero attached hydrogens (tertiary/aromatic N) is 3. The van der Waals surface area contributed by atoms with Crippen LogP contribution in [0.1, 0.15) is 5.69 Å². The van der Waals surface area contributed by atoms with Crippen molar-refractivity contribution in [3.63, 3.8) is 0 Å². The van der Waals surface area contributed by atoms with Crippen molar-refractivity contribution in [1.29, 1.82) is 0 Å². The number of nitrogens with one attached hydrogen (secondary N) is 2. The number of anilines is 1. The van der Waals surface area contributed by atoms with E-state index in [9.17, 15) is 0 Å². The van der Waals surface area contributed by atoms with Gasteiger partial charge in [-0.05, 0) is 42.0 Å². The van der Waals surface area contributed by atoms with Gasteiger partial charge in [0.15, 0.2) is 0 Å². The minimum absolute atomic E-state index is 0.621. The van der Waals surface area contributed by atoms with Crippen molar-refractivity contribution in [2.45, 2.75) is 6.54 Å². The molecule has 0 unspecified atom stereocenters. The molecule has 5 rings (SSSR count). The molecule has 4 aromatic heterocycles. The maximum absolute atomic E-state index is 4.68. The number of para-hydroxylation sites is 1. The highest BCUT2D eigenvalue weighted by Gasteiger charge is 2.10. The van der Waals surface area contributed by atoms with E-state index in [0.29, 0.717) is 6.54 Å². The van der Waals surface area contributed by atoms with Gasteiger partial charge in [0.25, 0.3) is 0 Å². The number of benzene rings is 1. The topological polar surface area (TPSA) is 66.5 Å². The lowest BCUT2D eigenvalue weighted by Crippen LogP contribution is -2.03. The number of aromatic amines is 1. The van der Waals surface area contributed by atoms with Crippen LogP contribution in [0.15, 0.2) is 79.3 Å². The molecule has 1 aromatic carbocycles. The van der Waals surface area contributed by atoms with Crippen molar-refractivity contribution in [3.8, 4) is 11.1 Å². The molecule has 4 heterocycles. The molecule has 0 spiro atoms. The highest BCUT2D eigenvalue weighted by molar-refractivity contribution is 5.96. The van der Waals surface area contributed by atoms with E-state index in [0.717, 1.165) is 44.6 Å². The molecule has 0 saturated carbocycles. The summed E-state index contributed by atoms with van der Waals surface area (Å²) in [6, 6.07) is 20.3. The van der Waals surface area contributed by atoms with Crippen molar-refractivity contribution in [2.24, 2.45) is 0 Å². The summed E-state index contributed by atoms with van der Waals surface area (Å²) in [5.41, 5.74) is 4.99. The first-order valence-electron chi connectivity index (χ1n) is 8.84. The second-order valence-corrected chi connectivity index (χ2v) is 6.39. The highest BCUT2D eigenvalue weighted by atomic mass is 15.0. The first-order chi connectivity index (χ1) is 13.4. The zero-order valence-electron chi connectivity index (χ0n) is 14.6. The van der Waals surface area contributed by atoms with Crippen LogP contribution in [0.25, 0.3) is 33.1 Å². The van der Waals surface area contributed by atoms with Gasteiger partial charge >= 0.3 is 0 Å². The van der Waals surface area contributed by atoms with E-state index < -0.39 is 0 Å². The van der Waals surface area contributed by atoms with Crippen molar-refractivity contribution in [3.05, 3.63) is 84.9 Å². The number of pyridine rings is 3. The fourth-order valence-corrected chi connectivity index (χ4v) is 3.27. The van der Waals surface area contributed by atoms with E-state index in [4.69, 9.17) is 0 Å². The summed E-state index contributed by atoms with van der Waals surface area (Å²) < 4.78 is 0. The van der Waals surface area contributed by atoms with Gasteiger partial charge in [0.05, 0.1) is 17.8 Å². The van der Waals surface area contributed by atoms with Crippen LogP contribution in [-0.2, 0) is 6.54 Å². The third kappa shape index (κ3) is 3.00. The minimum Gasteiger partial charge on any atom is -0.364 e. The molecule has 0 amide bonds. The van der Waals surface area contributed by atoms with Crippen LogP contribution in [0.4, 0.5) is 5.82 Å². The van der Waals surface area contributed by atoms with Crippen LogP contribution in [0.3, 0.4) is 0 Å². The molecule has 2 N–H and O–H groups in total. The fourth-order valence-electron chi connectivity index (χ4n) is 3.27. The van der Waals surface area contributed by atoms with Crippen molar-refractivity contribution >= 4 is 27.8 Å². The summed E-state index contributed by atoms with van der Waals surface area (Å²) in [6.07, 6.45) is 5.63. The van der Waals surface area contributed by atoms with Gasteiger partial charge in [-0.25, -0.2) is 4.98 Å². The van der Waals surface area contributed by atoms with E-state index in [1.54, 1.807) is 6.20 Å². The Labute approximate surface area is 156 Å². The number of H-pyrrole nitrogens is 1. The molecule has 0 aliphatic carbocycles. The minimum atomic E-state index is 0.621. The molecule has 130 valence electrons. The first kappa shape index (κ1) is 15.5. The molecule has 5 aromatic rings. The van der Waals surface area contributed by atoms with Gasteiger partial charge in [-0.2, -0.15) is 0 Å². The van der Waals surface area contributed by atoms with Crippen molar-refractivity contribution < 1.29 is 0 Å². The maximum atomic E-state index is 4.68. The third-order valence-corrected chi connectivity index (χ3v) is 4.61. The smallest absolute Gasteiger partial charge is 0.140 e. The van der Waals surface area contributed by atoms with E-state index in [1.807, 2.05) is 48.8 Å². The summed E-state index contributed by atoms with van der Waals surface area (Å²) >= 11 is 0. The SMILES string of the molecule is c1ccc(CNc2cc(-c3cnc4ccccc4c3)c3cc[nH]c3n2)nc1. The van der Waals surface area contributed by atoms with Gasteiger partial charge in [-0.3, -0.25) is 9.97 Å². The van der Waals surface area contributed by atoms with Crippen LogP contribution in [0.2, 0.25) is 0 Å². The molecule has 27 heavy (non-hydrogen) atoms. The lowest BCUT2D eigenvalue weighted by Gasteiger charge is -2.10. The Morgan fingerprint density at radius 2 is 1.85 bits per heavy atom. The fraction of sp³-hybridized carbons (Fsp3) is 0.0455. The molecule has 5 heteroatoms. The average molecular weight is 351 g/mol. The summed E-state index contributed by atoms with van der Waals surface area (Å²) in [5, 5.41) is 5.58. The second-order valence-electron chi connectivity index (χ2n) is 6.39. The summed E-state index contributed by atoms with van der Waals surface area (Å²) in [4.78, 5) is 16.9. The van der Waals surface area contributed by atoms with Crippen LogP contribution in [-0.4, -0.2) is 19.9 Å². The van der Waals surface area contributed by atoms with Gasteiger partial charge < -0.3 is 10.3 Å². The van der Waals surface area contributed by atoms with Crippen LogP contribution in [0.5, 0.6) is 0 Å². The Hall–Kier alpha value is -3.73. The number of hydrogen-bond donors (Lipinski definition) is 2. The number of fused-ring (bicyclic) bond motifs is 2. The quantitative estimate of drug-likeness (QED) is 0.489. The van der Waals surface area contributed by atoms with Crippen LogP contribution < -0.4 is 5.32 Å². The Kier molecular flexibility index (Phi) is 3.76. The Morgan fingerprint density at radius 1 is 0.926 bits per heavy atom. The summed E-state index contributed by atoms with van der Waals surface area (Å²) in [6.45, 7) is 0.621. The molecule has 0 aliphatic heterocycles. The predicted molar refractivity (Wildman–Crippen MR) is 108 cm³/mol. The van der Waals surface area contributed by atoms with Gasteiger partial charge in [-0.15, -0.1) is 0 Å². The van der Waals surface area contributed by atoms with Gasteiger partial charge in [0.1, 0.15) is 11.5 Å². The lowest BCUT2D eigenvalue weighted by molar-refractivity contribution is 1.03. The van der Waals surface area contributed by atoms with E-state index in [2.05, 4.69) is 49.5 Å². The number of hydrogen-bond acceptors (Lipinski definition) is 4. The predicted octanol–water partition coefficient (Wildman–Crippen LogP) is 4.79. The third-order valence-electron chi connectivity index (χ3n) is 4.61. The molecule has 5 nitrogen and oxygen atoms in total. The number of aromatic nitrogens is 4. The van der Waals surface area contributed by atoms with E-state index in [1.165, 1.54) is 0 Å². The summed E-state index contributed by atoms with van der Waals surface area (Å²) in [5.74, 6) is 0.804. The maximum Gasteiger partial charge on any atom is 0.140 e. The molecule has 0 atom stereocenters. The molecule has 0 bridgehead atoms. The van der Waals surface area contributed by atoms with Crippen LogP contribution in [0, 0.1) is 0 Å². The van der Waals surface area contributed by atoms with Gasteiger partial charge in [0.2, 0.25) is 0 Å². The second kappa shape index (κ2) is 6.53. The monoisotopic (exact) mass is 351 g/mol. The molecule has 0 saturated heterocycles. The van der Waals surface area contributed by atoms with Gasteiger partial charge in [0, 0.05) is 34.9 Å². The van der Waals surface area contributed by atoms with Gasteiger partial charge in [-0.1, -0.05) is 24.3 Å². The Balaban J connectivity index is 1.57. The Morgan fingerprint density at radius 3 is 2.78 bits per heavy atom. The van der Waals surface area contributed by atoms with Crippen molar-refractivity contribution in [2.75, 3.05) is 5.32 Å². The van der Waals surface area contributed by atoms with Crippen LogP contribution >= 0.6 is 0 Å². The molecule has 0 fully saturated rings. The first-order valence-corrected chi connectivity index (χ1v) is 8.84. The molecular formula is C22H17N5. The highest BCUT2D eigenvalue weighted by Crippen LogP contribution is 2.31. The zero-order valence-corrected chi connectivity index (χ0v) is 14.6. The average Bonchev–Trinajstić information content (AvgIpc) is 3.21. The molecular weight excluding hydrogens is 334 g/mol. The largest absolute Gasteiger partial charge is 0.364 e. The normalized spacial score (nSPS) is 11.1.